The molecule has 2 amide bonds. The number of thiocarbonyl (C=S) groups is 1. The highest BCUT2D eigenvalue weighted by molar-refractivity contribution is 9.10. The van der Waals surface area contributed by atoms with Gasteiger partial charge in [0.1, 0.15) is 11.3 Å². The Labute approximate surface area is 186 Å². The first-order chi connectivity index (χ1) is 14.2. The second kappa shape index (κ2) is 8.76. The third kappa shape index (κ3) is 4.42. The summed E-state index contributed by atoms with van der Waals surface area (Å²) in [5.74, 6) is -2.13. The molecule has 0 aliphatic carbocycles. The number of carbonyl (C=O) groups is 3. The zero-order chi connectivity index (χ0) is 22.0. The van der Waals surface area contributed by atoms with Crippen LogP contribution < -0.4 is 15.0 Å². The Morgan fingerprint density at radius 3 is 2.63 bits per heavy atom. The molecular formula is C21H17BrN2O5S. The second-order valence-electron chi connectivity index (χ2n) is 6.52. The Kier molecular flexibility index (Phi) is 6.33. The molecule has 1 fully saturated rings. The van der Waals surface area contributed by atoms with Crippen LogP contribution in [0.3, 0.4) is 0 Å². The lowest BCUT2D eigenvalue weighted by Crippen LogP contribution is -2.54. The van der Waals surface area contributed by atoms with Gasteiger partial charge in [0.25, 0.3) is 11.8 Å². The van der Waals surface area contributed by atoms with E-state index in [2.05, 4.69) is 21.2 Å². The maximum atomic E-state index is 13.2. The molecule has 1 aliphatic heterocycles. The number of anilines is 1. The normalized spacial score (nSPS) is 16.4. The first-order valence-corrected chi connectivity index (χ1v) is 10.0. The van der Waals surface area contributed by atoms with Crippen molar-refractivity contribution in [3.8, 4) is 5.75 Å². The maximum absolute atomic E-state index is 13.2. The molecule has 30 heavy (non-hydrogen) atoms. The summed E-state index contributed by atoms with van der Waals surface area (Å²) < 4.78 is 6.30. The Morgan fingerprint density at radius 1 is 1.27 bits per heavy atom. The van der Waals surface area contributed by atoms with Crippen LogP contribution >= 0.6 is 28.1 Å². The van der Waals surface area contributed by atoms with Crippen LogP contribution in [0, 0.1) is 6.92 Å². The molecule has 154 valence electrons. The average molecular weight is 489 g/mol. The lowest BCUT2D eigenvalue weighted by Gasteiger charge is -2.30. The highest BCUT2D eigenvalue weighted by Gasteiger charge is 2.35. The van der Waals surface area contributed by atoms with Gasteiger partial charge in [-0.1, -0.05) is 34.1 Å². The molecule has 9 heteroatoms. The SMILES string of the molecule is Cc1cc(Br)ccc1N1C(=O)/C(=C/c2ccccc2O[C@H](C)C(=O)O)C(=O)NC1=S. The molecule has 3 rings (SSSR count). The molecule has 1 atom stereocenters. The maximum Gasteiger partial charge on any atom is 0.344 e. The predicted octanol–water partition coefficient (Wildman–Crippen LogP) is 3.44. The third-order valence-corrected chi connectivity index (χ3v) is 5.15. The van der Waals surface area contributed by atoms with Gasteiger partial charge in [-0.25, -0.2) is 4.79 Å². The molecule has 0 bridgehead atoms. The van der Waals surface area contributed by atoms with E-state index in [0.717, 1.165) is 10.0 Å². The van der Waals surface area contributed by atoms with Crippen molar-refractivity contribution < 1.29 is 24.2 Å². The van der Waals surface area contributed by atoms with E-state index >= 15 is 0 Å². The molecule has 0 aromatic heterocycles. The topological polar surface area (TPSA) is 95.9 Å². The lowest BCUT2D eigenvalue weighted by molar-refractivity contribution is -0.144. The van der Waals surface area contributed by atoms with Crippen LogP contribution in [-0.4, -0.2) is 34.1 Å². The number of nitrogens with zero attached hydrogens (tertiary/aromatic N) is 1. The van der Waals surface area contributed by atoms with E-state index in [1.165, 1.54) is 17.9 Å². The lowest BCUT2D eigenvalue weighted by atomic mass is 10.1. The van der Waals surface area contributed by atoms with Gasteiger partial charge in [0, 0.05) is 10.0 Å². The van der Waals surface area contributed by atoms with Gasteiger partial charge in [-0.3, -0.25) is 19.8 Å². The number of halogens is 1. The number of carboxylic acid groups (broad SMARTS) is 1. The van der Waals surface area contributed by atoms with Crippen molar-refractivity contribution in [2.24, 2.45) is 0 Å². The van der Waals surface area contributed by atoms with Gasteiger partial charge in [-0.2, -0.15) is 0 Å². The van der Waals surface area contributed by atoms with Gasteiger partial charge >= 0.3 is 5.97 Å². The van der Waals surface area contributed by atoms with Gasteiger partial charge in [0.15, 0.2) is 11.2 Å². The number of nitrogens with one attached hydrogen (secondary N) is 1. The van der Waals surface area contributed by atoms with Crippen molar-refractivity contribution >= 4 is 62.8 Å². The monoisotopic (exact) mass is 488 g/mol. The largest absolute Gasteiger partial charge is 0.479 e. The number of hydrogen-bond acceptors (Lipinski definition) is 5. The Hall–Kier alpha value is -3.04. The molecular weight excluding hydrogens is 472 g/mol. The average Bonchev–Trinajstić information content (AvgIpc) is 2.67. The molecule has 1 saturated heterocycles. The Balaban J connectivity index is 2.03. The summed E-state index contributed by atoms with van der Waals surface area (Å²) in [4.78, 5) is 38.1. The molecule has 0 saturated carbocycles. The van der Waals surface area contributed by atoms with E-state index < -0.39 is 23.9 Å². The van der Waals surface area contributed by atoms with E-state index in [0.29, 0.717) is 11.3 Å². The molecule has 2 N–H and O–H groups in total. The minimum absolute atomic E-state index is 0.0170. The first kappa shape index (κ1) is 21.7. The molecule has 0 spiro atoms. The summed E-state index contributed by atoms with van der Waals surface area (Å²) in [5, 5.41) is 11.6. The fourth-order valence-electron chi connectivity index (χ4n) is 2.85. The van der Waals surface area contributed by atoms with Crippen molar-refractivity contribution in [2.75, 3.05) is 4.90 Å². The van der Waals surface area contributed by atoms with Gasteiger partial charge in [-0.05, 0) is 62.0 Å². The molecule has 0 unspecified atom stereocenters. The number of ether oxygens (including phenoxy) is 1. The minimum Gasteiger partial charge on any atom is -0.479 e. The van der Waals surface area contributed by atoms with E-state index in [-0.39, 0.29) is 16.4 Å². The standard InChI is InChI=1S/C21H17BrN2O5S/c1-11-9-14(22)7-8-16(11)24-19(26)15(18(25)23-21(24)30)10-13-5-3-4-6-17(13)29-12(2)20(27)28/h3-10,12H,1-2H3,(H,27,28)(H,23,25,30)/b15-10+/t12-/m1/s1. The van der Waals surface area contributed by atoms with Crippen LogP contribution in [0.4, 0.5) is 5.69 Å². The number of rotatable bonds is 5. The van der Waals surface area contributed by atoms with Gasteiger partial charge in [0.05, 0.1) is 5.69 Å². The minimum atomic E-state index is -1.13. The number of benzene rings is 2. The fourth-order valence-corrected chi connectivity index (χ4v) is 3.60. The summed E-state index contributed by atoms with van der Waals surface area (Å²) in [6.45, 7) is 3.22. The summed E-state index contributed by atoms with van der Waals surface area (Å²) in [6.07, 6.45) is 0.264. The summed E-state index contributed by atoms with van der Waals surface area (Å²) in [7, 11) is 0. The summed E-state index contributed by atoms with van der Waals surface area (Å²) in [5.41, 5.74) is 1.58. The van der Waals surface area contributed by atoms with Gasteiger partial charge in [0.2, 0.25) is 0 Å². The van der Waals surface area contributed by atoms with Crippen LogP contribution in [0.15, 0.2) is 52.5 Å². The van der Waals surface area contributed by atoms with E-state index in [4.69, 9.17) is 22.1 Å². The molecule has 1 aliphatic rings. The van der Waals surface area contributed by atoms with Gasteiger partial charge in [-0.15, -0.1) is 0 Å². The van der Waals surface area contributed by atoms with Crippen LogP contribution in [0.5, 0.6) is 5.75 Å². The van der Waals surface area contributed by atoms with E-state index in [1.54, 1.807) is 36.4 Å². The third-order valence-electron chi connectivity index (χ3n) is 4.37. The molecule has 7 nitrogen and oxygen atoms in total. The molecule has 2 aromatic carbocycles. The van der Waals surface area contributed by atoms with E-state index in [9.17, 15) is 14.4 Å². The number of carbonyl (C=O) groups excluding carboxylic acids is 2. The first-order valence-electron chi connectivity index (χ1n) is 8.85. The summed E-state index contributed by atoms with van der Waals surface area (Å²) in [6, 6.07) is 11.9. The number of aryl methyl sites for hydroxylation is 1. The van der Waals surface area contributed by atoms with Crippen molar-refractivity contribution in [1.82, 2.24) is 5.32 Å². The van der Waals surface area contributed by atoms with Crippen molar-refractivity contribution in [3.05, 3.63) is 63.6 Å². The predicted molar refractivity (Wildman–Crippen MR) is 119 cm³/mol. The zero-order valence-electron chi connectivity index (χ0n) is 16.0. The highest BCUT2D eigenvalue weighted by Crippen LogP contribution is 2.29. The highest BCUT2D eigenvalue weighted by atomic mass is 79.9. The van der Waals surface area contributed by atoms with Crippen molar-refractivity contribution in [2.45, 2.75) is 20.0 Å². The smallest absolute Gasteiger partial charge is 0.344 e. The second-order valence-corrected chi connectivity index (χ2v) is 7.83. The fraction of sp³-hybridized carbons (Fsp3) is 0.143. The van der Waals surface area contributed by atoms with Crippen molar-refractivity contribution in [3.63, 3.8) is 0 Å². The summed E-state index contributed by atoms with van der Waals surface area (Å²) >= 11 is 8.61. The zero-order valence-corrected chi connectivity index (χ0v) is 18.4. The van der Waals surface area contributed by atoms with E-state index in [1.807, 2.05) is 13.0 Å². The Morgan fingerprint density at radius 2 is 1.97 bits per heavy atom. The van der Waals surface area contributed by atoms with Crippen LogP contribution in [0.2, 0.25) is 0 Å². The number of amides is 2. The molecule has 1 heterocycles. The number of para-hydroxylation sites is 1. The number of hydrogen-bond donors (Lipinski definition) is 2. The number of carboxylic acids is 1. The molecule has 2 aromatic rings. The molecule has 0 radical (unpaired) electrons. The Bertz CT molecular complexity index is 1100. The van der Waals surface area contributed by atoms with Crippen molar-refractivity contribution in [1.29, 1.82) is 0 Å². The van der Waals surface area contributed by atoms with Crippen LogP contribution in [-0.2, 0) is 14.4 Å². The quantitative estimate of drug-likeness (QED) is 0.380. The van der Waals surface area contributed by atoms with Gasteiger partial charge < -0.3 is 9.84 Å². The van der Waals surface area contributed by atoms with Crippen LogP contribution in [0.1, 0.15) is 18.1 Å². The van der Waals surface area contributed by atoms with Crippen LogP contribution in [0.25, 0.3) is 6.08 Å². The number of aliphatic carboxylic acids is 1.